The van der Waals surface area contributed by atoms with Gasteiger partial charge in [0.15, 0.2) is 0 Å². The molecule has 0 fully saturated rings. The van der Waals surface area contributed by atoms with Crippen LogP contribution in [-0.2, 0) is 4.79 Å². The first-order valence-corrected chi connectivity index (χ1v) is 5.56. The summed E-state index contributed by atoms with van der Waals surface area (Å²) in [5.74, 6) is 0.0904. The molecule has 0 bridgehead atoms. The topological polar surface area (TPSA) is 78.9 Å². The third kappa shape index (κ3) is 10.8. The summed E-state index contributed by atoms with van der Waals surface area (Å²) in [6, 6.07) is 2.25. The van der Waals surface area contributed by atoms with E-state index in [1.807, 2.05) is 6.92 Å². The van der Waals surface area contributed by atoms with Crippen LogP contribution in [0.3, 0.4) is 0 Å². The van der Waals surface area contributed by atoms with Gasteiger partial charge >= 0.3 is 0 Å². The lowest BCUT2D eigenvalue weighted by molar-refractivity contribution is -0.121. The smallest absolute Gasteiger partial charge is 0.219 e. The van der Waals surface area contributed by atoms with Crippen LogP contribution < -0.4 is 11.1 Å². The Morgan fingerprint density at radius 2 is 2.20 bits per heavy atom. The largest absolute Gasteiger partial charge is 0.356 e. The van der Waals surface area contributed by atoms with Gasteiger partial charge in [0.25, 0.3) is 0 Å². The predicted octanol–water partition coefficient (Wildman–Crippen LogP) is 1.31. The summed E-state index contributed by atoms with van der Waals surface area (Å²) in [5, 5.41) is 11.1. The lowest BCUT2D eigenvalue weighted by atomic mass is 10.1. The first-order chi connectivity index (χ1) is 7.16. The van der Waals surface area contributed by atoms with Crippen LogP contribution in [0.2, 0.25) is 0 Å². The summed E-state index contributed by atoms with van der Waals surface area (Å²) in [4.78, 5) is 11.2. The fourth-order valence-electron chi connectivity index (χ4n) is 1.23. The van der Waals surface area contributed by atoms with Gasteiger partial charge in [0.2, 0.25) is 5.91 Å². The number of nitrogens with zero attached hydrogens (tertiary/aromatic N) is 1. The van der Waals surface area contributed by atoms with Crippen LogP contribution in [0.15, 0.2) is 0 Å². The Morgan fingerprint density at radius 1 is 1.47 bits per heavy atom. The summed E-state index contributed by atoms with van der Waals surface area (Å²) in [5.41, 5.74) is 5.57. The number of amides is 1. The van der Waals surface area contributed by atoms with Gasteiger partial charge in [0.1, 0.15) is 0 Å². The zero-order chi connectivity index (χ0) is 11.5. The number of nitrogens with two attached hydrogens (primary N) is 1. The molecule has 1 atom stereocenters. The lowest BCUT2D eigenvalue weighted by Crippen LogP contribution is -2.24. The van der Waals surface area contributed by atoms with Crippen molar-refractivity contribution in [1.82, 2.24) is 5.32 Å². The van der Waals surface area contributed by atoms with E-state index in [4.69, 9.17) is 11.0 Å². The van der Waals surface area contributed by atoms with E-state index in [0.29, 0.717) is 19.4 Å². The van der Waals surface area contributed by atoms with Crippen LogP contribution in [-0.4, -0.2) is 18.5 Å². The van der Waals surface area contributed by atoms with Gasteiger partial charge in [-0.05, 0) is 32.6 Å². The molecule has 0 aromatic rings. The zero-order valence-corrected chi connectivity index (χ0v) is 9.46. The second-order valence-corrected chi connectivity index (χ2v) is 3.83. The van der Waals surface area contributed by atoms with Crippen LogP contribution in [0.1, 0.15) is 45.4 Å². The van der Waals surface area contributed by atoms with Crippen LogP contribution >= 0.6 is 0 Å². The highest BCUT2D eigenvalue weighted by atomic mass is 16.1. The van der Waals surface area contributed by atoms with Crippen LogP contribution in [0.4, 0.5) is 0 Å². The molecule has 0 rings (SSSR count). The Morgan fingerprint density at radius 3 is 2.80 bits per heavy atom. The monoisotopic (exact) mass is 211 g/mol. The third-order valence-electron chi connectivity index (χ3n) is 2.10. The second kappa shape index (κ2) is 9.47. The maximum Gasteiger partial charge on any atom is 0.219 e. The summed E-state index contributed by atoms with van der Waals surface area (Å²) in [7, 11) is 0. The molecule has 15 heavy (non-hydrogen) atoms. The van der Waals surface area contributed by atoms with Crippen molar-refractivity contribution in [3.8, 4) is 6.07 Å². The van der Waals surface area contributed by atoms with Crippen molar-refractivity contribution in [3.63, 3.8) is 0 Å². The molecule has 0 aliphatic carbocycles. The highest BCUT2D eigenvalue weighted by molar-refractivity contribution is 5.75. The number of carbonyl (C=O) groups is 1. The number of hydrogen-bond acceptors (Lipinski definition) is 3. The molecule has 3 N–H and O–H groups in total. The molecule has 0 aromatic carbocycles. The number of nitriles is 1. The first-order valence-electron chi connectivity index (χ1n) is 5.56. The summed E-state index contributed by atoms with van der Waals surface area (Å²) in [6.07, 6.45) is 4.60. The van der Waals surface area contributed by atoms with E-state index in [9.17, 15) is 4.79 Å². The van der Waals surface area contributed by atoms with Crippen molar-refractivity contribution in [2.75, 3.05) is 6.54 Å². The molecule has 0 saturated heterocycles. The zero-order valence-electron chi connectivity index (χ0n) is 9.46. The number of rotatable bonds is 8. The first kappa shape index (κ1) is 13.9. The van der Waals surface area contributed by atoms with Gasteiger partial charge in [-0.25, -0.2) is 0 Å². The minimum absolute atomic E-state index is 0.0904. The van der Waals surface area contributed by atoms with E-state index >= 15 is 0 Å². The predicted molar refractivity (Wildman–Crippen MR) is 60.0 cm³/mol. The Balaban J connectivity index is 3.23. The summed E-state index contributed by atoms with van der Waals surface area (Å²) < 4.78 is 0. The molecule has 1 unspecified atom stereocenters. The van der Waals surface area contributed by atoms with Crippen molar-refractivity contribution in [1.29, 1.82) is 5.26 Å². The molecule has 0 aliphatic heterocycles. The molecule has 4 nitrogen and oxygen atoms in total. The van der Waals surface area contributed by atoms with E-state index < -0.39 is 0 Å². The molecule has 0 radical (unpaired) electrons. The maximum absolute atomic E-state index is 11.2. The van der Waals surface area contributed by atoms with E-state index in [1.165, 1.54) is 0 Å². The lowest BCUT2D eigenvalue weighted by Gasteiger charge is -2.05. The molecule has 0 saturated carbocycles. The molecule has 0 spiro atoms. The number of hydrogen-bond donors (Lipinski definition) is 2. The van der Waals surface area contributed by atoms with Gasteiger partial charge in [-0.2, -0.15) is 5.26 Å². The van der Waals surface area contributed by atoms with Gasteiger partial charge in [0, 0.05) is 25.4 Å². The Bertz CT molecular complexity index is 208. The summed E-state index contributed by atoms with van der Waals surface area (Å²) >= 11 is 0. The average molecular weight is 211 g/mol. The minimum Gasteiger partial charge on any atom is -0.356 e. The molecular formula is C11H21N3O. The van der Waals surface area contributed by atoms with Crippen molar-refractivity contribution in [3.05, 3.63) is 0 Å². The molecule has 0 heterocycles. The molecule has 4 heteroatoms. The standard InChI is InChI=1S/C11H21N3O/c1-10(13)6-5-7-11(15)14-9-4-2-3-8-12/h10H,2-7,9,13H2,1H3,(H,14,15). The quantitative estimate of drug-likeness (QED) is 0.594. The Hall–Kier alpha value is -1.08. The minimum atomic E-state index is 0.0904. The molecular weight excluding hydrogens is 190 g/mol. The van der Waals surface area contributed by atoms with Crippen molar-refractivity contribution in [2.24, 2.45) is 5.73 Å². The fraction of sp³-hybridized carbons (Fsp3) is 0.818. The van der Waals surface area contributed by atoms with Gasteiger partial charge < -0.3 is 11.1 Å². The van der Waals surface area contributed by atoms with Gasteiger partial charge in [0.05, 0.1) is 6.07 Å². The Labute approximate surface area is 91.8 Å². The van der Waals surface area contributed by atoms with Crippen LogP contribution in [0, 0.1) is 11.3 Å². The van der Waals surface area contributed by atoms with Crippen molar-refractivity contribution in [2.45, 2.75) is 51.5 Å². The van der Waals surface area contributed by atoms with Crippen molar-refractivity contribution >= 4 is 5.91 Å². The number of carbonyl (C=O) groups excluding carboxylic acids is 1. The maximum atomic E-state index is 11.2. The third-order valence-corrected chi connectivity index (χ3v) is 2.10. The summed E-state index contributed by atoms with van der Waals surface area (Å²) in [6.45, 7) is 2.62. The van der Waals surface area contributed by atoms with Crippen LogP contribution in [0.5, 0.6) is 0 Å². The number of nitrogens with one attached hydrogen (secondary N) is 1. The van der Waals surface area contributed by atoms with E-state index in [-0.39, 0.29) is 11.9 Å². The van der Waals surface area contributed by atoms with E-state index in [2.05, 4.69) is 11.4 Å². The van der Waals surface area contributed by atoms with Gasteiger partial charge in [-0.15, -0.1) is 0 Å². The second-order valence-electron chi connectivity index (χ2n) is 3.83. The molecule has 86 valence electrons. The molecule has 0 aromatic heterocycles. The highest BCUT2D eigenvalue weighted by Crippen LogP contribution is 1.98. The van der Waals surface area contributed by atoms with Crippen LogP contribution in [0.25, 0.3) is 0 Å². The van der Waals surface area contributed by atoms with Crippen molar-refractivity contribution < 1.29 is 4.79 Å². The normalized spacial score (nSPS) is 11.8. The van der Waals surface area contributed by atoms with E-state index in [1.54, 1.807) is 0 Å². The van der Waals surface area contributed by atoms with E-state index in [0.717, 1.165) is 25.7 Å². The average Bonchev–Trinajstić information content (AvgIpc) is 2.17. The SMILES string of the molecule is CC(N)CCCC(=O)NCCCCC#N. The number of unbranched alkanes of at least 4 members (excludes halogenated alkanes) is 2. The molecule has 1 amide bonds. The fourth-order valence-corrected chi connectivity index (χ4v) is 1.23. The Kier molecular flexibility index (Phi) is 8.79. The highest BCUT2D eigenvalue weighted by Gasteiger charge is 2.01. The van der Waals surface area contributed by atoms with Gasteiger partial charge in [-0.3, -0.25) is 4.79 Å². The van der Waals surface area contributed by atoms with Gasteiger partial charge in [-0.1, -0.05) is 0 Å². The molecule has 0 aliphatic rings.